The molecule has 0 aliphatic carbocycles. The van der Waals surface area contributed by atoms with Crippen molar-refractivity contribution in [2.24, 2.45) is 5.41 Å². The maximum atomic E-state index is 12.3. The Hall–Kier alpha value is -2.84. The number of rotatable bonds is 12. The third-order valence-electron chi connectivity index (χ3n) is 5.73. The standard InChI is InChI=1S/C28H40N2O5S/c1-19-8-9-21(14-20(19)2)10-12-23(17-34-26(31)28(3,4)5)30-27(36)29-16-22-11-13-24(35-18-32-6)25(15-22)33-7/h8-9,11,13-15,23H,10,12,16-18H2,1-7H3,(H2,29,30,36). The number of thiocarbonyl (C=S) groups is 1. The first kappa shape index (κ1) is 29.4. The lowest BCUT2D eigenvalue weighted by Crippen LogP contribution is -2.45. The van der Waals surface area contributed by atoms with Gasteiger partial charge in [-0.2, -0.15) is 0 Å². The summed E-state index contributed by atoms with van der Waals surface area (Å²) in [6, 6.07) is 12.0. The molecule has 7 nitrogen and oxygen atoms in total. The lowest BCUT2D eigenvalue weighted by molar-refractivity contribution is -0.153. The quantitative estimate of drug-likeness (QED) is 0.236. The summed E-state index contributed by atoms with van der Waals surface area (Å²) in [5, 5.41) is 7.05. The molecular weight excluding hydrogens is 476 g/mol. The van der Waals surface area contributed by atoms with Crippen LogP contribution in [0.1, 0.15) is 49.4 Å². The van der Waals surface area contributed by atoms with Crippen molar-refractivity contribution in [1.29, 1.82) is 0 Å². The number of methoxy groups -OCH3 is 2. The topological polar surface area (TPSA) is 78.0 Å². The van der Waals surface area contributed by atoms with Crippen molar-refractivity contribution in [2.45, 2.75) is 60.0 Å². The molecule has 0 aliphatic heterocycles. The van der Waals surface area contributed by atoms with Gasteiger partial charge in [0.15, 0.2) is 23.4 Å². The second kappa shape index (κ2) is 14.0. The Balaban J connectivity index is 1.99. The molecule has 0 aliphatic rings. The summed E-state index contributed by atoms with van der Waals surface area (Å²) in [4.78, 5) is 12.3. The fourth-order valence-corrected chi connectivity index (χ4v) is 3.61. The normalized spacial score (nSPS) is 12.0. The molecule has 0 amide bonds. The van der Waals surface area contributed by atoms with E-state index in [1.54, 1.807) is 14.2 Å². The summed E-state index contributed by atoms with van der Waals surface area (Å²) in [6.07, 6.45) is 1.61. The number of ether oxygens (including phenoxy) is 4. The molecule has 2 aromatic carbocycles. The zero-order valence-corrected chi connectivity index (χ0v) is 23.3. The van der Waals surface area contributed by atoms with E-state index in [-0.39, 0.29) is 25.4 Å². The van der Waals surface area contributed by atoms with Crippen LogP contribution in [0.3, 0.4) is 0 Å². The van der Waals surface area contributed by atoms with Crippen LogP contribution < -0.4 is 20.1 Å². The third-order valence-corrected chi connectivity index (χ3v) is 5.99. The Morgan fingerprint density at radius 3 is 2.36 bits per heavy atom. The highest BCUT2D eigenvalue weighted by Crippen LogP contribution is 2.28. The Morgan fingerprint density at radius 1 is 1.00 bits per heavy atom. The number of hydrogen-bond donors (Lipinski definition) is 2. The first-order chi connectivity index (χ1) is 17.0. The Labute approximate surface area is 220 Å². The largest absolute Gasteiger partial charge is 0.493 e. The molecule has 0 bridgehead atoms. The van der Waals surface area contributed by atoms with Gasteiger partial charge in [0.1, 0.15) is 6.61 Å². The Morgan fingerprint density at radius 2 is 1.72 bits per heavy atom. The molecule has 2 N–H and O–H groups in total. The zero-order chi connectivity index (χ0) is 26.7. The van der Waals surface area contributed by atoms with Crippen molar-refractivity contribution < 1.29 is 23.7 Å². The highest BCUT2D eigenvalue weighted by molar-refractivity contribution is 7.80. The summed E-state index contributed by atoms with van der Waals surface area (Å²) in [5.41, 5.74) is 4.20. The van der Waals surface area contributed by atoms with Crippen LogP contribution in [0.4, 0.5) is 0 Å². The summed E-state index contributed by atoms with van der Waals surface area (Å²) in [5.74, 6) is 0.990. The molecular formula is C28H40N2O5S. The average molecular weight is 517 g/mol. The Kier molecular flexibility index (Phi) is 11.5. The van der Waals surface area contributed by atoms with Gasteiger partial charge in [-0.15, -0.1) is 0 Å². The number of esters is 1. The summed E-state index contributed by atoms with van der Waals surface area (Å²) in [6.45, 7) is 10.6. The molecule has 0 radical (unpaired) electrons. The molecule has 0 aromatic heterocycles. The van der Waals surface area contributed by atoms with Gasteiger partial charge in [-0.3, -0.25) is 4.79 Å². The van der Waals surface area contributed by atoms with E-state index in [4.69, 9.17) is 31.2 Å². The van der Waals surface area contributed by atoms with E-state index in [9.17, 15) is 4.79 Å². The molecule has 36 heavy (non-hydrogen) atoms. The van der Waals surface area contributed by atoms with Gasteiger partial charge in [0.05, 0.1) is 18.6 Å². The van der Waals surface area contributed by atoms with Crippen LogP contribution in [-0.4, -0.2) is 44.7 Å². The summed E-state index contributed by atoms with van der Waals surface area (Å²) < 4.78 is 21.5. The smallest absolute Gasteiger partial charge is 0.311 e. The van der Waals surface area contributed by atoms with Crippen molar-refractivity contribution >= 4 is 23.3 Å². The molecule has 1 unspecified atom stereocenters. The first-order valence-corrected chi connectivity index (χ1v) is 12.5. The highest BCUT2D eigenvalue weighted by atomic mass is 32.1. The molecule has 0 saturated heterocycles. The molecule has 8 heteroatoms. The predicted octanol–water partition coefficient (Wildman–Crippen LogP) is 4.85. The van der Waals surface area contributed by atoms with E-state index in [2.05, 4.69) is 42.7 Å². The van der Waals surface area contributed by atoms with E-state index in [1.165, 1.54) is 16.7 Å². The van der Waals surface area contributed by atoms with Crippen LogP contribution in [0.2, 0.25) is 0 Å². The summed E-state index contributed by atoms with van der Waals surface area (Å²) in [7, 11) is 3.16. The van der Waals surface area contributed by atoms with E-state index >= 15 is 0 Å². The predicted molar refractivity (Wildman–Crippen MR) is 147 cm³/mol. The van der Waals surface area contributed by atoms with Gasteiger partial charge >= 0.3 is 5.97 Å². The maximum Gasteiger partial charge on any atom is 0.311 e. The van der Waals surface area contributed by atoms with Crippen molar-refractivity contribution in [1.82, 2.24) is 10.6 Å². The van der Waals surface area contributed by atoms with Crippen LogP contribution in [0.15, 0.2) is 36.4 Å². The molecule has 0 spiro atoms. The maximum absolute atomic E-state index is 12.3. The Bertz CT molecular complexity index is 1020. The van der Waals surface area contributed by atoms with E-state index in [0.717, 1.165) is 18.4 Å². The lowest BCUT2D eigenvalue weighted by atomic mass is 9.97. The minimum atomic E-state index is -0.560. The van der Waals surface area contributed by atoms with Crippen LogP contribution in [-0.2, 0) is 27.2 Å². The highest BCUT2D eigenvalue weighted by Gasteiger charge is 2.24. The molecule has 0 fully saturated rings. The van der Waals surface area contributed by atoms with Crippen LogP contribution >= 0.6 is 12.2 Å². The number of aryl methyl sites for hydroxylation is 3. The second-order valence-corrected chi connectivity index (χ2v) is 10.3. The van der Waals surface area contributed by atoms with Crippen molar-refractivity contribution in [3.63, 3.8) is 0 Å². The van der Waals surface area contributed by atoms with Gasteiger partial charge in [-0.25, -0.2) is 0 Å². The molecule has 198 valence electrons. The minimum Gasteiger partial charge on any atom is -0.493 e. The monoisotopic (exact) mass is 516 g/mol. The van der Waals surface area contributed by atoms with Crippen molar-refractivity contribution in [3.05, 3.63) is 58.7 Å². The number of benzene rings is 2. The average Bonchev–Trinajstić information content (AvgIpc) is 2.84. The van der Waals surface area contributed by atoms with Gasteiger partial charge in [-0.05, 0) is 94.1 Å². The van der Waals surface area contributed by atoms with Gasteiger partial charge < -0.3 is 29.6 Å². The number of nitrogens with one attached hydrogen (secondary N) is 2. The number of carbonyl (C=O) groups excluding carboxylic acids is 1. The SMILES string of the molecule is COCOc1ccc(CNC(=S)NC(CCc2ccc(C)c(C)c2)COC(=O)C(C)(C)C)cc1OC. The minimum absolute atomic E-state index is 0.128. The molecule has 0 heterocycles. The fourth-order valence-electron chi connectivity index (χ4n) is 3.37. The van der Waals surface area contributed by atoms with E-state index in [0.29, 0.717) is 23.2 Å². The summed E-state index contributed by atoms with van der Waals surface area (Å²) >= 11 is 5.56. The van der Waals surface area contributed by atoms with E-state index < -0.39 is 5.41 Å². The van der Waals surface area contributed by atoms with Crippen LogP contribution in [0, 0.1) is 19.3 Å². The van der Waals surface area contributed by atoms with Gasteiger partial charge in [0.2, 0.25) is 0 Å². The second-order valence-electron chi connectivity index (χ2n) is 9.87. The zero-order valence-electron chi connectivity index (χ0n) is 22.5. The van der Waals surface area contributed by atoms with E-state index in [1.807, 2.05) is 39.0 Å². The van der Waals surface area contributed by atoms with Crippen LogP contribution in [0.25, 0.3) is 0 Å². The molecule has 0 saturated carbocycles. The molecule has 2 aromatic rings. The van der Waals surface area contributed by atoms with Gasteiger partial charge in [-0.1, -0.05) is 24.3 Å². The lowest BCUT2D eigenvalue weighted by Gasteiger charge is -2.24. The fraction of sp³-hybridized carbons (Fsp3) is 0.500. The van der Waals surface area contributed by atoms with Gasteiger partial charge in [0.25, 0.3) is 0 Å². The number of carbonyl (C=O) groups is 1. The van der Waals surface area contributed by atoms with Crippen molar-refractivity contribution in [3.8, 4) is 11.5 Å². The third kappa shape index (κ3) is 9.66. The number of hydrogen-bond acceptors (Lipinski definition) is 6. The van der Waals surface area contributed by atoms with Crippen LogP contribution in [0.5, 0.6) is 11.5 Å². The van der Waals surface area contributed by atoms with Crippen molar-refractivity contribution in [2.75, 3.05) is 27.6 Å². The molecule has 2 rings (SSSR count). The molecule has 1 atom stereocenters. The van der Waals surface area contributed by atoms with Gasteiger partial charge in [0, 0.05) is 13.7 Å². The first-order valence-electron chi connectivity index (χ1n) is 12.1.